The van der Waals surface area contributed by atoms with Crippen molar-refractivity contribution in [1.29, 1.82) is 0 Å². The van der Waals surface area contributed by atoms with Crippen molar-refractivity contribution in [2.45, 2.75) is 65.6 Å². The number of rotatable bonds is 6. The average molecular weight is 395 g/mol. The number of furan rings is 1. The van der Waals surface area contributed by atoms with Gasteiger partial charge >= 0.3 is 12.1 Å². The molecule has 0 N–H and O–H groups in total. The highest BCUT2D eigenvalue weighted by Crippen LogP contribution is 2.23. The fourth-order valence-corrected chi connectivity index (χ4v) is 3.50. The molecule has 1 aliphatic heterocycles. The van der Waals surface area contributed by atoms with Gasteiger partial charge < -0.3 is 18.8 Å². The van der Waals surface area contributed by atoms with Crippen LogP contribution in [0.1, 0.15) is 63.6 Å². The minimum Gasteiger partial charge on any atom is -0.467 e. The van der Waals surface area contributed by atoms with Gasteiger partial charge in [0.15, 0.2) is 0 Å². The van der Waals surface area contributed by atoms with E-state index in [1.54, 1.807) is 6.07 Å². The molecule has 1 aromatic rings. The Bertz CT molecular complexity index is 662. The second-order valence-electron chi connectivity index (χ2n) is 8.72. The minimum absolute atomic E-state index is 0.0706. The maximum absolute atomic E-state index is 12.6. The van der Waals surface area contributed by atoms with Crippen LogP contribution in [-0.2, 0) is 16.0 Å². The van der Waals surface area contributed by atoms with Gasteiger partial charge in [0.05, 0.1) is 19.9 Å². The van der Waals surface area contributed by atoms with Crippen LogP contribution in [0.5, 0.6) is 0 Å². The Hall–Kier alpha value is -2.02. The molecule has 0 radical (unpaired) electrons. The standard InChI is InChI=1S/C21H34N2O5/c1-15(2)23(20(25)28-21(3,4)5)13-16-8-7-10-22(12-16)14-18-17(9-11-27-18)19(24)26-6/h9,11,15-16H,7-8,10,12-14H2,1-6H3. The fourth-order valence-electron chi connectivity index (χ4n) is 3.50. The highest BCUT2D eigenvalue weighted by molar-refractivity contribution is 5.90. The largest absolute Gasteiger partial charge is 0.467 e. The minimum atomic E-state index is -0.508. The quantitative estimate of drug-likeness (QED) is 0.681. The van der Waals surface area contributed by atoms with Crippen molar-refractivity contribution in [1.82, 2.24) is 9.80 Å². The smallest absolute Gasteiger partial charge is 0.410 e. The van der Waals surface area contributed by atoms with Gasteiger partial charge in [-0.25, -0.2) is 9.59 Å². The van der Waals surface area contributed by atoms with E-state index in [-0.39, 0.29) is 18.1 Å². The zero-order valence-corrected chi connectivity index (χ0v) is 18.0. The van der Waals surface area contributed by atoms with Gasteiger partial charge in [0, 0.05) is 19.1 Å². The third-order valence-corrected chi connectivity index (χ3v) is 4.83. The lowest BCUT2D eigenvalue weighted by Crippen LogP contribution is -2.46. The Labute approximate surface area is 167 Å². The Kier molecular flexibility index (Phi) is 7.52. The molecule has 7 nitrogen and oxygen atoms in total. The number of hydrogen-bond acceptors (Lipinski definition) is 6. The van der Waals surface area contributed by atoms with E-state index < -0.39 is 5.60 Å². The van der Waals surface area contributed by atoms with Gasteiger partial charge in [0.25, 0.3) is 0 Å². The number of esters is 1. The van der Waals surface area contributed by atoms with Gasteiger partial charge in [0.1, 0.15) is 16.9 Å². The zero-order valence-electron chi connectivity index (χ0n) is 18.0. The van der Waals surface area contributed by atoms with Crippen molar-refractivity contribution in [3.63, 3.8) is 0 Å². The summed E-state index contributed by atoms with van der Waals surface area (Å²) in [6, 6.07) is 1.72. The number of piperidine rings is 1. The highest BCUT2D eigenvalue weighted by Gasteiger charge is 2.29. The summed E-state index contributed by atoms with van der Waals surface area (Å²) >= 11 is 0. The van der Waals surface area contributed by atoms with Gasteiger partial charge in [-0.1, -0.05) is 0 Å². The molecule has 1 atom stereocenters. The van der Waals surface area contributed by atoms with E-state index in [4.69, 9.17) is 13.9 Å². The molecule has 0 saturated carbocycles. The second-order valence-corrected chi connectivity index (χ2v) is 8.72. The lowest BCUT2D eigenvalue weighted by molar-refractivity contribution is 0.0115. The van der Waals surface area contributed by atoms with Crippen LogP contribution in [-0.4, -0.2) is 60.2 Å². The highest BCUT2D eigenvalue weighted by atomic mass is 16.6. The van der Waals surface area contributed by atoms with Gasteiger partial charge in [-0.3, -0.25) is 4.90 Å². The zero-order chi connectivity index (χ0) is 20.9. The van der Waals surface area contributed by atoms with Crippen molar-refractivity contribution >= 4 is 12.1 Å². The Morgan fingerprint density at radius 3 is 2.68 bits per heavy atom. The first-order chi connectivity index (χ1) is 13.1. The monoisotopic (exact) mass is 394 g/mol. The first-order valence-electron chi connectivity index (χ1n) is 9.97. The molecule has 1 aliphatic rings. The normalized spacial score (nSPS) is 18.2. The van der Waals surface area contributed by atoms with Crippen LogP contribution in [0.25, 0.3) is 0 Å². The van der Waals surface area contributed by atoms with E-state index in [2.05, 4.69) is 4.90 Å². The van der Waals surface area contributed by atoms with Crippen LogP contribution in [0.3, 0.4) is 0 Å². The molecule has 1 saturated heterocycles. The molecule has 7 heteroatoms. The van der Waals surface area contributed by atoms with Crippen molar-refractivity contribution < 1.29 is 23.5 Å². The lowest BCUT2D eigenvalue weighted by atomic mass is 9.96. The number of ether oxygens (including phenoxy) is 2. The molecule has 1 amide bonds. The SMILES string of the molecule is COC(=O)c1ccoc1CN1CCCC(CN(C(=O)OC(C)(C)C)C(C)C)C1. The van der Waals surface area contributed by atoms with Crippen molar-refractivity contribution in [2.24, 2.45) is 5.92 Å². The fraction of sp³-hybridized carbons (Fsp3) is 0.714. The summed E-state index contributed by atoms with van der Waals surface area (Å²) < 4.78 is 15.9. The number of hydrogen-bond donors (Lipinski definition) is 0. The van der Waals surface area contributed by atoms with Crippen LogP contribution in [0, 0.1) is 5.92 Å². The Morgan fingerprint density at radius 2 is 2.07 bits per heavy atom. The van der Waals surface area contributed by atoms with Gasteiger partial charge in [0.2, 0.25) is 0 Å². The second kappa shape index (κ2) is 9.45. The van der Waals surface area contributed by atoms with Gasteiger partial charge in [-0.15, -0.1) is 0 Å². The number of amides is 1. The van der Waals surface area contributed by atoms with Gasteiger partial charge in [-0.05, 0) is 66.0 Å². The number of carbonyl (C=O) groups is 2. The molecular formula is C21H34N2O5. The van der Waals surface area contributed by atoms with E-state index in [9.17, 15) is 9.59 Å². The molecule has 28 heavy (non-hydrogen) atoms. The predicted molar refractivity (Wildman–Crippen MR) is 106 cm³/mol. The maximum Gasteiger partial charge on any atom is 0.410 e. The van der Waals surface area contributed by atoms with Gasteiger partial charge in [-0.2, -0.15) is 0 Å². The first kappa shape index (κ1) is 22.3. The summed E-state index contributed by atoms with van der Waals surface area (Å²) in [6.07, 6.45) is 3.36. The summed E-state index contributed by atoms with van der Waals surface area (Å²) in [4.78, 5) is 28.5. The van der Waals surface area contributed by atoms with Crippen molar-refractivity contribution in [3.05, 3.63) is 23.7 Å². The van der Waals surface area contributed by atoms with E-state index in [1.807, 2.05) is 39.5 Å². The first-order valence-corrected chi connectivity index (χ1v) is 9.97. The predicted octanol–water partition coefficient (Wildman–Crippen LogP) is 3.92. The molecule has 1 fully saturated rings. The molecule has 1 unspecified atom stereocenters. The molecule has 0 bridgehead atoms. The number of carbonyl (C=O) groups excluding carboxylic acids is 2. The van der Waals surface area contributed by atoms with Crippen molar-refractivity contribution in [2.75, 3.05) is 26.7 Å². The topological polar surface area (TPSA) is 72.2 Å². The van der Waals surface area contributed by atoms with Crippen LogP contribution < -0.4 is 0 Å². The number of methoxy groups -OCH3 is 1. The molecule has 0 aliphatic carbocycles. The molecule has 2 rings (SSSR count). The van der Waals surface area contributed by atoms with Crippen LogP contribution in [0.15, 0.2) is 16.7 Å². The third-order valence-electron chi connectivity index (χ3n) is 4.83. The summed E-state index contributed by atoms with van der Waals surface area (Å²) in [5.41, 5.74) is -0.0333. The molecule has 158 valence electrons. The number of nitrogens with zero attached hydrogens (tertiary/aromatic N) is 2. The van der Waals surface area contributed by atoms with Crippen LogP contribution in [0.2, 0.25) is 0 Å². The molecule has 1 aromatic heterocycles. The van der Waals surface area contributed by atoms with E-state index in [1.165, 1.54) is 13.4 Å². The van der Waals surface area contributed by atoms with E-state index in [0.717, 1.165) is 25.9 Å². The van der Waals surface area contributed by atoms with E-state index in [0.29, 0.717) is 30.3 Å². The summed E-state index contributed by atoms with van der Waals surface area (Å²) in [5.74, 6) is 0.591. The third kappa shape index (κ3) is 6.26. The molecular weight excluding hydrogens is 360 g/mol. The molecule has 0 spiro atoms. The van der Waals surface area contributed by atoms with Crippen LogP contribution in [0.4, 0.5) is 4.79 Å². The molecule has 0 aromatic carbocycles. The number of likely N-dealkylation sites (tertiary alicyclic amines) is 1. The summed E-state index contributed by atoms with van der Waals surface area (Å²) in [7, 11) is 1.37. The summed E-state index contributed by atoms with van der Waals surface area (Å²) in [5, 5.41) is 0. The average Bonchev–Trinajstić information content (AvgIpc) is 3.05. The Morgan fingerprint density at radius 1 is 1.36 bits per heavy atom. The summed E-state index contributed by atoms with van der Waals surface area (Å²) in [6.45, 7) is 12.7. The van der Waals surface area contributed by atoms with Crippen molar-refractivity contribution in [3.8, 4) is 0 Å². The lowest BCUT2D eigenvalue weighted by Gasteiger charge is -2.37. The Balaban J connectivity index is 1.99. The molecule has 2 heterocycles. The van der Waals surface area contributed by atoms with Crippen LogP contribution >= 0.6 is 0 Å². The van der Waals surface area contributed by atoms with E-state index >= 15 is 0 Å². The maximum atomic E-state index is 12.6.